The van der Waals surface area contributed by atoms with Crippen LogP contribution in [0.15, 0.2) is 60.7 Å². The highest BCUT2D eigenvalue weighted by Crippen LogP contribution is 2.33. The molecule has 5 nitrogen and oxygen atoms in total. The zero-order chi connectivity index (χ0) is 18.4. The maximum atomic E-state index is 9.69. The summed E-state index contributed by atoms with van der Waals surface area (Å²) in [6, 6.07) is 22.0. The molecule has 0 radical (unpaired) electrons. The molecule has 0 unspecified atom stereocenters. The van der Waals surface area contributed by atoms with E-state index < -0.39 is 0 Å². The van der Waals surface area contributed by atoms with Gasteiger partial charge < -0.3 is 0 Å². The van der Waals surface area contributed by atoms with Gasteiger partial charge in [-0.05, 0) is 37.3 Å². The van der Waals surface area contributed by atoms with E-state index in [0.717, 1.165) is 37.6 Å². The fourth-order valence-electron chi connectivity index (χ4n) is 3.15. The molecule has 2 aromatic carbocycles. The molecule has 0 aliphatic carbocycles. The van der Waals surface area contributed by atoms with E-state index in [-0.39, 0.29) is 0 Å². The number of thiazole rings is 1. The van der Waals surface area contributed by atoms with Gasteiger partial charge in [-0.2, -0.15) is 10.4 Å². The minimum absolute atomic E-state index is 0.511. The van der Waals surface area contributed by atoms with Crippen molar-refractivity contribution in [2.24, 2.45) is 0 Å². The summed E-state index contributed by atoms with van der Waals surface area (Å²) in [4.78, 5) is 9.52. The number of rotatable bonds is 2. The van der Waals surface area contributed by atoms with Gasteiger partial charge in [0.05, 0.1) is 27.2 Å². The molecule has 0 aliphatic rings. The maximum absolute atomic E-state index is 9.69. The zero-order valence-corrected chi connectivity index (χ0v) is 15.2. The van der Waals surface area contributed by atoms with Crippen LogP contribution in [0.3, 0.4) is 0 Å². The van der Waals surface area contributed by atoms with Crippen molar-refractivity contribution in [2.45, 2.75) is 6.92 Å². The van der Waals surface area contributed by atoms with Crippen LogP contribution in [0.1, 0.15) is 11.3 Å². The maximum Gasteiger partial charge on any atom is 0.163 e. The Morgan fingerprint density at radius 3 is 2.56 bits per heavy atom. The van der Waals surface area contributed by atoms with Crippen molar-refractivity contribution in [2.75, 3.05) is 0 Å². The van der Waals surface area contributed by atoms with Crippen LogP contribution in [0, 0.1) is 18.3 Å². The summed E-state index contributed by atoms with van der Waals surface area (Å²) in [5, 5.41) is 15.9. The first-order chi connectivity index (χ1) is 13.2. The molecule has 0 saturated carbocycles. The molecule has 27 heavy (non-hydrogen) atoms. The standard InChI is InChI=1S/C21H13N5S/c1-13-16-11-14(12-22)19(21-23-17-9-5-6-10-18(17)27-21)24-20(16)26(25-13)15-7-3-2-4-8-15/h2-11H,1H3. The molecule has 0 spiro atoms. The van der Waals surface area contributed by atoms with Crippen molar-refractivity contribution < 1.29 is 0 Å². The lowest BCUT2D eigenvalue weighted by atomic mass is 10.1. The molecular weight excluding hydrogens is 354 g/mol. The van der Waals surface area contributed by atoms with Gasteiger partial charge in [0.1, 0.15) is 16.8 Å². The van der Waals surface area contributed by atoms with Gasteiger partial charge in [0.15, 0.2) is 5.65 Å². The van der Waals surface area contributed by atoms with Crippen molar-refractivity contribution in [1.29, 1.82) is 5.26 Å². The predicted octanol–water partition coefficient (Wildman–Crippen LogP) is 4.88. The second-order valence-corrected chi connectivity index (χ2v) is 7.22. The number of nitriles is 1. The van der Waals surface area contributed by atoms with E-state index in [1.54, 1.807) is 11.3 Å². The van der Waals surface area contributed by atoms with Crippen LogP contribution in [0.2, 0.25) is 0 Å². The Morgan fingerprint density at radius 2 is 1.78 bits per heavy atom. The molecule has 5 rings (SSSR count). The molecule has 128 valence electrons. The molecule has 0 bridgehead atoms. The lowest BCUT2D eigenvalue weighted by molar-refractivity contribution is 0.878. The fourth-order valence-corrected chi connectivity index (χ4v) is 4.12. The van der Waals surface area contributed by atoms with E-state index in [4.69, 9.17) is 4.98 Å². The first kappa shape index (κ1) is 15.7. The Morgan fingerprint density at radius 1 is 1.00 bits per heavy atom. The van der Waals surface area contributed by atoms with Crippen LogP contribution in [-0.4, -0.2) is 19.7 Å². The molecule has 6 heteroatoms. The van der Waals surface area contributed by atoms with Gasteiger partial charge in [0.2, 0.25) is 0 Å². The molecular formula is C21H13N5S. The second kappa shape index (κ2) is 6.01. The van der Waals surface area contributed by atoms with Crippen LogP contribution >= 0.6 is 11.3 Å². The number of aryl methyl sites for hydroxylation is 1. The summed E-state index contributed by atoms with van der Waals surface area (Å²) >= 11 is 1.54. The molecule has 0 fully saturated rings. The third-order valence-corrected chi connectivity index (χ3v) is 5.50. The van der Waals surface area contributed by atoms with E-state index in [1.807, 2.05) is 72.3 Å². The molecule has 5 aromatic rings. The summed E-state index contributed by atoms with van der Waals surface area (Å²) in [7, 11) is 0. The third-order valence-electron chi connectivity index (χ3n) is 4.46. The van der Waals surface area contributed by atoms with Crippen LogP contribution in [0.4, 0.5) is 0 Å². The number of fused-ring (bicyclic) bond motifs is 2. The molecule has 3 aromatic heterocycles. The summed E-state index contributed by atoms with van der Waals surface area (Å²) < 4.78 is 2.90. The van der Waals surface area contributed by atoms with Crippen molar-refractivity contribution in [1.82, 2.24) is 19.7 Å². The predicted molar refractivity (Wildman–Crippen MR) is 107 cm³/mol. The number of hydrogen-bond donors (Lipinski definition) is 0. The van der Waals surface area contributed by atoms with Crippen molar-refractivity contribution >= 4 is 32.6 Å². The van der Waals surface area contributed by atoms with Gasteiger partial charge in [-0.1, -0.05) is 30.3 Å². The lowest BCUT2D eigenvalue weighted by Gasteiger charge is -2.04. The Bertz CT molecular complexity index is 1310. The highest BCUT2D eigenvalue weighted by molar-refractivity contribution is 7.21. The first-order valence-electron chi connectivity index (χ1n) is 8.46. The average Bonchev–Trinajstić information content (AvgIpc) is 3.29. The smallest absolute Gasteiger partial charge is 0.163 e. The second-order valence-electron chi connectivity index (χ2n) is 6.19. The van der Waals surface area contributed by atoms with Gasteiger partial charge in [0, 0.05) is 5.39 Å². The SMILES string of the molecule is Cc1nn(-c2ccccc2)c2nc(-c3nc4ccccc4s3)c(C#N)cc12. The molecule has 0 N–H and O–H groups in total. The number of benzene rings is 2. The number of pyridine rings is 1. The zero-order valence-electron chi connectivity index (χ0n) is 14.4. The van der Waals surface area contributed by atoms with E-state index in [0.29, 0.717) is 11.3 Å². The summed E-state index contributed by atoms with van der Waals surface area (Å²) in [5.74, 6) is 0. The van der Waals surface area contributed by atoms with Gasteiger partial charge in [0.25, 0.3) is 0 Å². The molecule has 0 aliphatic heterocycles. The van der Waals surface area contributed by atoms with E-state index >= 15 is 0 Å². The minimum atomic E-state index is 0.511. The first-order valence-corrected chi connectivity index (χ1v) is 9.28. The minimum Gasteiger partial charge on any atom is -0.234 e. The summed E-state index contributed by atoms with van der Waals surface area (Å²) in [5.41, 5.74) is 4.53. The van der Waals surface area contributed by atoms with Crippen LogP contribution in [0.5, 0.6) is 0 Å². The van der Waals surface area contributed by atoms with Crippen LogP contribution < -0.4 is 0 Å². The van der Waals surface area contributed by atoms with E-state index in [9.17, 15) is 5.26 Å². The van der Waals surface area contributed by atoms with Crippen molar-refractivity contribution in [3.05, 3.63) is 71.9 Å². The van der Waals surface area contributed by atoms with Crippen molar-refractivity contribution in [3.8, 4) is 22.5 Å². The van der Waals surface area contributed by atoms with Crippen molar-refractivity contribution in [3.63, 3.8) is 0 Å². The lowest BCUT2D eigenvalue weighted by Crippen LogP contribution is -1.99. The highest BCUT2D eigenvalue weighted by Gasteiger charge is 2.18. The number of para-hydroxylation sites is 2. The average molecular weight is 367 g/mol. The molecule has 0 amide bonds. The van der Waals surface area contributed by atoms with Crippen LogP contribution in [0.25, 0.3) is 37.6 Å². The Labute approximate surface area is 159 Å². The molecule has 0 atom stereocenters. The van der Waals surface area contributed by atoms with Gasteiger partial charge in [-0.3, -0.25) is 0 Å². The normalized spacial score (nSPS) is 11.1. The highest BCUT2D eigenvalue weighted by atomic mass is 32.1. The number of nitrogens with zero attached hydrogens (tertiary/aromatic N) is 5. The largest absolute Gasteiger partial charge is 0.234 e. The van der Waals surface area contributed by atoms with E-state index in [1.165, 1.54) is 0 Å². The van der Waals surface area contributed by atoms with E-state index in [2.05, 4.69) is 16.2 Å². The molecule has 0 saturated heterocycles. The number of aromatic nitrogens is 4. The topological polar surface area (TPSA) is 67.4 Å². The monoisotopic (exact) mass is 367 g/mol. The Kier molecular flexibility index (Phi) is 3.49. The quantitative estimate of drug-likeness (QED) is 0.446. The van der Waals surface area contributed by atoms with Crippen LogP contribution in [-0.2, 0) is 0 Å². The Hall–Kier alpha value is -3.56. The van der Waals surface area contributed by atoms with Gasteiger partial charge in [-0.25, -0.2) is 14.6 Å². The van der Waals surface area contributed by atoms with Gasteiger partial charge >= 0.3 is 0 Å². The number of hydrogen-bond acceptors (Lipinski definition) is 5. The van der Waals surface area contributed by atoms with Gasteiger partial charge in [-0.15, -0.1) is 11.3 Å². The summed E-state index contributed by atoms with van der Waals surface area (Å²) in [6.45, 7) is 1.93. The fraction of sp³-hybridized carbons (Fsp3) is 0.0476. The molecule has 3 heterocycles. The summed E-state index contributed by atoms with van der Waals surface area (Å²) in [6.07, 6.45) is 0. The Balaban J connectivity index is 1.81. The third kappa shape index (κ3) is 2.48.